The van der Waals surface area contributed by atoms with Crippen molar-refractivity contribution in [1.29, 1.82) is 0 Å². The average molecular weight is 246 g/mol. The van der Waals surface area contributed by atoms with Crippen LogP contribution in [0.1, 0.15) is 24.0 Å². The molecule has 3 nitrogen and oxygen atoms in total. The zero-order valence-corrected chi connectivity index (χ0v) is 10.9. The van der Waals surface area contributed by atoms with Crippen molar-refractivity contribution in [2.24, 2.45) is 0 Å². The van der Waals surface area contributed by atoms with E-state index < -0.39 is 0 Å². The van der Waals surface area contributed by atoms with Crippen LogP contribution in [-0.4, -0.2) is 19.7 Å². The van der Waals surface area contributed by atoms with E-state index in [9.17, 15) is 0 Å². The van der Waals surface area contributed by atoms with Crippen molar-refractivity contribution in [3.63, 3.8) is 0 Å². The summed E-state index contributed by atoms with van der Waals surface area (Å²) in [5, 5.41) is 6.97. The third kappa shape index (κ3) is 3.50. The summed E-state index contributed by atoms with van der Waals surface area (Å²) >= 11 is 0. The summed E-state index contributed by atoms with van der Waals surface area (Å²) in [4.78, 5) is 0. The molecule has 0 saturated heterocycles. The predicted octanol–water partition coefficient (Wildman–Crippen LogP) is 2.68. The minimum Gasteiger partial charge on any atom is -0.502 e. The Morgan fingerprint density at radius 3 is 3.28 bits per heavy atom. The standard InChI is InChI=1S/C15H22N2O/c1-2-18-11-5-9-16-12-14-7-3-6-13-8-4-10-17-15(13)14/h2-3,6-7,16-17H,1,4-5,8-12H2. The van der Waals surface area contributed by atoms with Gasteiger partial charge in [0.05, 0.1) is 12.9 Å². The number of fused-ring (bicyclic) bond motifs is 1. The van der Waals surface area contributed by atoms with E-state index in [0.29, 0.717) is 0 Å². The van der Waals surface area contributed by atoms with Crippen molar-refractivity contribution >= 4 is 5.69 Å². The van der Waals surface area contributed by atoms with Gasteiger partial charge in [-0.25, -0.2) is 0 Å². The van der Waals surface area contributed by atoms with Crippen molar-refractivity contribution in [1.82, 2.24) is 5.32 Å². The molecule has 98 valence electrons. The second-order valence-corrected chi connectivity index (χ2v) is 4.55. The Hall–Kier alpha value is -1.48. The number of rotatable bonds is 7. The number of aryl methyl sites for hydroxylation is 1. The number of ether oxygens (including phenoxy) is 1. The van der Waals surface area contributed by atoms with Gasteiger partial charge in [-0.3, -0.25) is 0 Å². The fraction of sp³-hybridized carbons (Fsp3) is 0.467. The van der Waals surface area contributed by atoms with Gasteiger partial charge < -0.3 is 15.4 Å². The van der Waals surface area contributed by atoms with Crippen molar-refractivity contribution in [3.8, 4) is 0 Å². The second kappa shape index (κ2) is 7.07. The number of benzene rings is 1. The summed E-state index contributed by atoms with van der Waals surface area (Å²) in [5.74, 6) is 0. The lowest BCUT2D eigenvalue weighted by Gasteiger charge is -2.21. The highest BCUT2D eigenvalue weighted by molar-refractivity contribution is 5.59. The highest BCUT2D eigenvalue weighted by Crippen LogP contribution is 2.25. The number of anilines is 1. The van der Waals surface area contributed by atoms with Crippen molar-refractivity contribution in [2.75, 3.05) is 25.0 Å². The molecule has 1 aromatic carbocycles. The van der Waals surface area contributed by atoms with Crippen LogP contribution in [0.25, 0.3) is 0 Å². The molecular weight excluding hydrogens is 224 g/mol. The van der Waals surface area contributed by atoms with Crippen LogP contribution in [0.15, 0.2) is 31.0 Å². The maximum absolute atomic E-state index is 5.09. The maximum atomic E-state index is 5.09. The van der Waals surface area contributed by atoms with Gasteiger partial charge in [0, 0.05) is 18.8 Å². The summed E-state index contributed by atoms with van der Waals surface area (Å²) in [7, 11) is 0. The van der Waals surface area contributed by atoms with Gasteiger partial charge in [-0.1, -0.05) is 24.8 Å². The van der Waals surface area contributed by atoms with Crippen molar-refractivity contribution in [3.05, 3.63) is 42.2 Å². The van der Waals surface area contributed by atoms with E-state index in [1.165, 1.54) is 35.9 Å². The molecule has 3 heteroatoms. The summed E-state index contributed by atoms with van der Waals surface area (Å²) < 4.78 is 5.09. The number of para-hydroxylation sites is 1. The van der Waals surface area contributed by atoms with E-state index >= 15 is 0 Å². The largest absolute Gasteiger partial charge is 0.502 e. The Labute approximate surface area is 109 Å². The van der Waals surface area contributed by atoms with E-state index in [4.69, 9.17) is 4.74 Å². The van der Waals surface area contributed by atoms with Gasteiger partial charge in [0.1, 0.15) is 0 Å². The molecule has 0 aliphatic carbocycles. The molecule has 1 aliphatic heterocycles. The summed E-state index contributed by atoms with van der Waals surface area (Å²) in [6.07, 6.45) is 4.94. The molecule has 1 aliphatic rings. The molecule has 18 heavy (non-hydrogen) atoms. The normalized spacial score (nSPS) is 13.6. The third-order valence-electron chi connectivity index (χ3n) is 3.21. The first-order valence-electron chi connectivity index (χ1n) is 6.69. The molecule has 2 N–H and O–H groups in total. The Bertz CT molecular complexity index is 390. The molecule has 0 spiro atoms. The van der Waals surface area contributed by atoms with Crippen molar-refractivity contribution < 1.29 is 4.74 Å². The van der Waals surface area contributed by atoms with Crippen LogP contribution < -0.4 is 10.6 Å². The molecular formula is C15H22N2O. The Kier molecular flexibility index (Phi) is 5.09. The molecule has 1 heterocycles. The SMILES string of the molecule is C=COCCCNCc1cccc2c1NCCC2. The molecule has 0 bridgehead atoms. The van der Waals surface area contributed by atoms with Crippen LogP contribution in [0.5, 0.6) is 0 Å². The fourth-order valence-electron chi connectivity index (χ4n) is 2.32. The first kappa shape index (κ1) is 13.0. The first-order chi connectivity index (χ1) is 8.92. The van der Waals surface area contributed by atoms with Crippen LogP contribution in [-0.2, 0) is 17.7 Å². The van der Waals surface area contributed by atoms with Crippen LogP contribution >= 0.6 is 0 Å². The van der Waals surface area contributed by atoms with Crippen molar-refractivity contribution in [2.45, 2.75) is 25.8 Å². The highest BCUT2D eigenvalue weighted by Gasteiger charge is 2.11. The lowest BCUT2D eigenvalue weighted by Crippen LogP contribution is -2.19. The van der Waals surface area contributed by atoms with Gasteiger partial charge in [0.25, 0.3) is 0 Å². The maximum Gasteiger partial charge on any atom is 0.0885 e. The Balaban J connectivity index is 1.80. The van der Waals surface area contributed by atoms with Crippen LogP contribution in [0.2, 0.25) is 0 Å². The van der Waals surface area contributed by atoms with Crippen LogP contribution in [0.4, 0.5) is 5.69 Å². The smallest absolute Gasteiger partial charge is 0.0885 e. The zero-order valence-electron chi connectivity index (χ0n) is 10.9. The Morgan fingerprint density at radius 2 is 2.39 bits per heavy atom. The predicted molar refractivity (Wildman–Crippen MR) is 75.7 cm³/mol. The van der Waals surface area contributed by atoms with E-state index in [1.807, 2.05) is 0 Å². The van der Waals surface area contributed by atoms with E-state index in [0.717, 1.165) is 32.7 Å². The molecule has 0 unspecified atom stereocenters. The minimum absolute atomic E-state index is 0.738. The molecule has 2 rings (SSSR count). The molecule has 0 saturated carbocycles. The first-order valence-corrected chi connectivity index (χ1v) is 6.69. The van der Waals surface area contributed by atoms with Gasteiger partial charge in [-0.15, -0.1) is 0 Å². The molecule has 0 amide bonds. The van der Waals surface area contributed by atoms with Gasteiger partial charge in [0.2, 0.25) is 0 Å². The lowest BCUT2D eigenvalue weighted by molar-refractivity contribution is 0.244. The highest BCUT2D eigenvalue weighted by atomic mass is 16.5. The molecule has 0 aromatic heterocycles. The monoisotopic (exact) mass is 246 g/mol. The quantitative estimate of drug-likeness (QED) is 0.573. The number of nitrogens with one attached hydrogen (secondary N) is 2. The second-order valence-electron chi connectivity index (χ2n) is 4.55. The van der Waals surface area contributed by atoms with Gasteiger partial charge in [0.15, 0.2) is 0 Å². The molecule has 0 fully saturated rings. The van der Waals surface area contributed by atoms with Crippen LogP contribution in [0, 0.1) is 0 Å². The minimum atomic E-state index is 0.738. The topological polar surface area (TPSA) is 33.3 Å². The summed E-state index contributed by atoms with van der Waals surface area (Å²) in [6, 6.07) is 6.58. The van der Waals surface area contributed by atoms with Gasteiger partial charge >= 0.3 is 0 Å². The van der Waals surface area contributed by atoms with Gasteiger partial charge in [-0.2, -0.15) is 0 Å². The number of hydrogen-bond donors (Lipinski definition) is 2. The molecule has 1 aromatic rings. The lowest BCUT2D eigenvalue weighted by atomic mass is 9.99. The summed E-state index contributed by atoms with van der Waals surface area (Å²) in [6.45, 7) is 7.25. The average Bonchev–Trinajstić information content (AvgIpc) is 2.43. The Morgan fingerprint density at radius 1 is 1.44 bits per heavy atom. The molecule has 0 radical (unpaired) electrons. The zero-order chi connectivity index (χ0) is 12.6. The number of hydrogen-bond acceptors (Lipinski definition) is 3. The fourth-order valence-corrected chi connectivity index (χ4v) is 2.32. The molecule has 0 atom stereocenters. The van der Waals surface area contributed by atoms with E-state index in [-0.39, 0.29) is 0 Å². The summed E-state index contributed by atoms with van der Waals surface area (Å²) in [5.41, 5.74) is 4.17. The third-order valence-corrected chi connectivity index (χ3v) is 3.21. The van der Waals surface area contributed by atoms with E-state index in [2.05, 4.69) is 35.4 Å². The van der Waals surface area contributed by atoms with Crippen LogP contribution in [0.3, 0.4) is 0 Å². The van der Waals surface area contributed by atoms with Gasteiger partial charge in [-0.05, 0) is 36.9 Å². The van der Waals surface area contributed by atoms with E-state index in [1.54, 1.807) is 0 Å².